The van der Waals surface area contributed by atoms with Gasteiger partial charge in [0.25, 0.3) is 5.56 Å². The lowest BCUT2D eigenvalue weighted by Crippen LogP contribution is -2.21. The predicted molar refractivity (Wildman–Crippen MR) is 107 cm³/mol. The molecular formula is C21H19N5O. The number of fused-ring (bicyclic) bond motifs is 1. The molecule has 0 radical (unpaired) electrons. The number of anilines is 1. The highest BCUT2D eigenvalue weighted by molar-refractivity contribution is 5.72. The summed E-state index contributed by atoms with van der Waals surface area (Å²) in [5.41, 5.74) is 3.57. The molecule has 1 aromatic carbocycles. The minimum Gasteiger partial charge on any atom is -0.363 e. The van der Waals surface area contributed by atoms with E-state index in [0.29, 0.717) is 17.6 Å². The summed E-state index contributed by atoms with van der Waals surface area (Å²) in [6, 6.07) is 15.7. The number of hydrogen-bond donors (Lipinski definition) is 0. The van der Waals surface area contributed by atoms with E-state index in [1.54, 1.807) is 29.2 Å². The molecule has 6 nitrogen and oxygen atoms in total. The monoisotopic (exact) mass is 357 g/mol. The summed E-state index contributed by atoms with van der Waals surface area (Å²) in [4.78, 5) is 27.4. The van der Waals surface area contributed by atoms with E-state index in [4.69, 9.17) is 0 Å². The normalized spacial score (nSPS) is 10.9. The lowest BCUT2D eigenvalue weighted by molar-refractivity contribution is 0.747. The third kappa shape index (κ3) is 3.42. The van der Waals surface area contributed by atoms with Crippen molar-refractivity contribution >= 4 is 16.9 Å². The van der Waals surface area contributed by atoms with Gasteiger partial charge in [0.05, 0.1) is 11.9 Å². The van der Waals surface area contributed by atoms with Crippen molar-refractivity contribution in [3.63, 3.8) is 0 Å². The molecule has 4 rings (SSSR count). The van der Waals surface area contributed by atoms with Gasteiger partial charge in [-0.2, -0.15) is 0 Å². The molecule has 3 aromatic heterocycles. The van der Waals surface area contributed by atoms with Crippen LogP contribution < -0.4 is 10.5 Å². The first-order chi connectivity index (χ1) is 13.1. The fourth-order valence-electron chi connectivity index (χ4n) is 2.93. The summed E-state index contributed by atoms with van der Waals surface area (Å²) < 4.78 is 1.60. The van der Waals surface area contributed by atoms with Crippen LogP contribution in [0.3, 0.4) is 0 Å². The molecule has 0 aliphatic heterocycles. The zero-order valence-corrected chi connectivity index (χ0v) is 15.2. The Morgan fingerprint density at radius 3 is 2.41 bits per heavy atom. The maximum absolute atomic E-state index is 12.6. The second-order valence-corrected chi connectivity index (χ2v) is 6.55. The summed E-state index contributed by atoms with van der Waals surface area (Å²) in [6.07, 6.45) is 5.06. The minimum absolute atomic E-state index is 0.0827. The molecule has 3 heterocycles. The molecule has 6 heteroatoms. The van der Waals surface area contributed by atoms with Gasteiger partial charge in [-0.15, -0.1) is 0 Å². The van der Waals surface area contributed by atoms with Crippen LogP contribution in [-0.2, 0) is 6.54 Å². The van der Waals surface area contributed by atoms with Crippen molar-refractivity contribution in [3.8, 4) is 11.1 Å². The van der Waals surface area contributed by atoms with Gasteiger partial charge in [-0.3, -0.25) is 9.36 Å². The van der Waals surface area contributed by atoms with Gasteiger partial charge in [0, 0.05) is 32.1 Å². The molecule has 0 atom stereocenters. The molecule has 27 heavy (non-hydrogen) atoms. The molecule has 0 N–H and O–H groups in total. The van der Waals surface area contributed by atoms with Crippen LogP contribution in [0.4, 0.5) is 5.82 Å². The largest absolute Gasteiger partial charge is 0.363 e. The lowest BCUT2D eigenvalue weighted by Gasteiger charge is -2.11. The number of benzene rings is 1. The van der Waals surface area contributed by atoms with Crippen molar-refractivity contribution in [3.05, 3.63) is 83.2 Å². The topological polar surface area (TPSA) is 63.9 Å². The van der Waals surface area contributed by atoms with Gasteiger partial charge in [-0.05, 0) is 35.4 Å². The molecule has 0 saturated heterocycles. The molecule has 0 fully saturated rings. The van der Waals surface area contributed by atoms with Gasteiger partial charge >= 0.3 is 0 Å². The number of hydrogen-bond acceptors (Lipinski definition) is 5. The predicted octanol–water partition coefficient (Wildman–Crippen LogP) is 2.97. The Morgan fingerprint density at radius 1 is 0.926 bits per heavy atom. The third-order valence-electron chi connectivity index (χ3n) is 4.44. The van der Waals surface area contributed by atoms with Crippen molar-refractivity contribution in [2.45, 2.75) is 6.54 Å². The van der Waals surface area contributed by atoms with Crippen molar-refractivity contribution < 1.29 is 0 Å². The van der Waals surface area contributed by atoms with Crippen LogP contribution in [0.1, 0.15) is 5.56 Å². The van der Waals surface area contributed by atoms with E-state index < -0.39 is 0 Å². The van der Waals surface area contributed by atoms with Gasteiger partial charge in [0.2, 0.25) is 0 Å². The molecule has 0 spiro atoms. The molecule has 134 valence electrons. The van der Waals surface area contributed by atoms with Crippen LogP contribution in [-0.4, -0.2) is 33.6 Å². The van der Waals surface area contributed by atoms with Crippen molar-refractivity contribution in [1.29, 1.82) is 0 Å². The van der Waals surface area contributed by atoms with E-state index in [0.717, 1.165) is 22.5 Å². The summed E-state index contributed by atoms with van der Waals surface area (Å²) in [5.74, 6) is 0.924. The second kappa shape index (κ2) is 6.99. The molecule has 0 aliphatic carbocycles. The van der Waals surface area contributed by atoms with Crippen LogP contribution >= 0.6 is 0 Å². The van der Waals surface area contributed by atoms with E-state index in [9.17, 15) is 4.79 Å². The molecule has 0 saturated carbocycles. The van der Waals surface area contributed by atoms with E-state index in [2.05, 4.69) is 21.0 Å². The molecule has 0 bridgehead atoms. The maximum atomic E-state index is 12.6. The summed E-state index contributed by atoms with van der Waals surface area (Å²) in [7, 11) is 3.94. The highest BCUT2D eigenvalue weighted by Gasteiger charge is 2.06. The number of aromatic nitrogens is 4. The fraction of sp³-hybridized carbons (Fsp3) is 0.143. The summed E-state index contributed by atoms with van der Waals surface area (Å²) >= 11 is 0. The first-order valence-electron chi connectivity index (χ1n) is 8.65. The summed E-state index contributed by atoms with van der Waals surface area (Å²) in [5, 5.41) is 0.531. The smallest absolute Gasteiger partial charge is 0.263 e. The van der Waals surface area contributed by atoms with Crippen LogP contribution in [0.5, 0.6) is 0 Å². The quantitative estimate of drug-likeness (QED) is 0.562. The second-order valence-electron chi connectivity index (χ2n) is 6.55. The SMILES string of the molecule is CN(C)c1ccc(-c2ccc(Cn3cnc4ncccc4c3=O)cc2)cn1. The van der Waals surface area contributed by atoms with E-state index in [-0.39, 0.29) is 5.56 Å². The average molecular weight is 357 g/mol. The van der Waals surface area contributed by atoms with Crippen LogP contribution in [0.2, 0.25) is 0 Å². The first-order valence-corrected chi connectivity index (χ1v) is 8.65. The van der Waals surface area contributed by atoms with Crippen molar-refractivity contribution in [2.24, 2.45) is 0 Å². The zero-order chi connectivity index (χ0) is 18.8. The first kappa shape index (κ1) is 16.9. The Hall–Kier alpha value is -3.54. The highest BCUT2D eigenvalue weighted by atomic mass is 16.1. The molecule has 4 aromatic rings. The standard InChI is InChI=1S/C21H19N5O/c1-25(2)19-10-9-17(12-23-19)16-7-5-15(6-8-16)13-26-14-24-20-18(21(26)27)4-3-11-22-20/h3-12,14H,13H2,1-2H3. The van der Waals surface area contributed by atoms with E-state index >= 15 is 0 Å². The maximum Gasteiger partial charge on any atom is 0.263 e. The van der Waals surface area contributed by atoms with Gasteiger partial charge in [-0.25, -0.2) is 15.0 Å². The Bertz CT molecular complexity index is 1130. The van der Waals surface area contributed by atoms with Gasteiger partial charge in [0.15, 0.2) is 5.65 Å². The van der Waals surface area contributed by atoms with Gasteiger partial charge < -0.3 is 4.90 Å². The Kier molecular flexibility index (Phi) is 4.38. The van der Waals surface area contributed by atoms with Crippen LogP contribution in [0.25, 0.3) is 22.2 Å². The highest BCUT2D eigenvalue weighted by Crippen LogP contribution is 2.21. The van der Waals surface area contributed by atoms with Crippen molar-refractivity contribution in [1.82, 2.24) is 19.5 Å². The number of pyridine rings is 2. The van der Waals surface area contributed by atoms with Gasteiger partial charge in [0.1, 0.15) is 12.1 Å². The Labute approximate surface area is 156 Å². The lowest BCUT2D eigenvalue weighted by atomic mass is 10.1. The van der Waals surface area contributed by atoms with E-state index in [1.807, 2.05) is 55.5 Å². The van der Waals surface area contributed by atoms with E-state index in [1.165, 1.54) is 0 Å². The van der Waals surface area contributed by atoms with Gasteiger partial charge in [-0.1, -0.05) is 24.3 Å². The molecule has 0 unspecified atom stereocenters. The van der Waals surface area contributed by atoms with Crippen LogP contribution in [0.15, 0.2) is 72.0 Å². The molecule has 0 aliphatic rings. The average Bonchev–Trinajstić information content (AvgIpc) is 2.71. The number of rotatable bonds is 4. The Morgan fingerprint density at radius 2 is 1.70 bits per heavy atom. The Balaban J connectivity index is 1.58. The molecular weight excluding hydrogens is 338 g/mol. The summed E-state index contributed by atoms with van der Waals surface area (Å²) in [6.45, 7) is 0.467. The van der Waals surface area contributed by atoms with Crippen molar-refractivity contribution in [2.75, 3.05) is 19.0 Å². The number of nitrogens with zero attached hydrogens (tertiary/aromatic N) is 5. The molecule has 0 amide bonds. The zero-order valence-electron chi connectivity index (χ0n) is 15.2. The van der Waals surface area contributed by atoms with Crippen LogP contribution in [0, 0.1) is 0 Å². The third-order valence-corrected chi connectivity index (χ3v) is 4.44. The fourth-order valence-corrected chi connectivity index (χ4v) is 2.93. The minimum atomic E-state index is -0.0827.